The fourth-order valence-corrected chi connectivity index (χ4v) is 2.16. The minimum Gasteiger partial charge on any atom is -0.477 e. The summed E-state index contributed by atoms with van der Waals surface area (Å²) >= 11 is 0. The molecule has 0 radical (unpaired) electrons. The Morgan fingerprint density at radius 3 is 1.65 bits per heavy atom. The maximum atomic E-state index is 10.6. The lowest BCUT2D eigenvalue weighted by Crippen LogP contribution is -2.21. The average molecular weight is 435 g/mol. The van der Waals surface area contributed by atoms with Crippen molar-refractivity contribution < 1.29 is 19.8 Å². The monoisotopic (exact) mass is 434 g/mol. The predicted molar refractivity (Wildman–Crippen MR) is 117 cm³/mol. The van der Waals surface area contributed by atoms with Gasteiger partial charge in [-0.2, -0.15) is 0 Å². The Morgan fingerprint density at radius 2 is 1.23 bits per heavy atom. The van der Waals surface area contributed by atoms with Crippen molar-refractivity contribution in [3.05, 3.63) is 36.2 Å². The van der Waals surface area contributed by atoms with Crippen LogP contribution in [-0.2, 0) is 0 Å². The maximum absolute atomic E-state index is 10.6. The summed E-state index contributed by atoms with van der Waals surface area (Å²) in [6.45, 7) is 3.30. The van der Waals surface area contributed by atoms with Gasteiger partial charge in [0.2, 0.25) is 0 Å². The lowest BCUT2D eigenvalue weighted by Gasteiger charge is -2.10. The van der Waals surface area contributed by atoms with E-state index < -0.39 is 11.9 Å². The minimum atomic E-state index is -1.05. The molecule has 2 rings (SSSR count). The van der Waals surface area contributed by atoms with E-state index in [0.29, 0.717) is 18.2 Å². The van der Waals surface area contributed by atoms with Gasteiger partial charge in [-0.05, 0) is 41.2 Å². The van der Waals surface area contributed by atoms with Crippen molar-refractivity contribution in [3.8, 4) is 0 Å². The zero-order valence-corrected chi connectivity index (χ0v) is 18.2. The number of carbonyl (C=O) groups is 2. The first-order valence-corrected chi connectivity index (χ1v) is 9.57. The summed E-state index contributed by atoms with van der Waals surface area (Å²) in [4.78, 5) is 40.5. The van der Waals surface area contributed by atoms with Gasteiger partial charge in [-0.25, -0.2) is 29.5 Å². The van der Waals surface area contributed by atoms with Crippen molar-refractivity contribution in [1.29, 1.82) is 0 Å². The van der Waals surface area contributed by atoms with E-state index in [1.807, 2.05) is 33.1 Å². The molecule has 0 saturated carbocycles. The van der Waals surface area contributed by atoms with Crippen LogP contribution >= 0.6 is 0 Å². The van der Waals surface area contributed by atoms with Crippen molar-refractivity contribution in [3.63, 3.8) is 0 Å². The molecule has 0 aliphatic carbocycles. The number of carboxylic acids is 2. The summed E-state index contributed by atoms with van der Waals surface area (Å²) in [6.07, 6.45) is 3.46. The lowest BCUT2D eigenvalue weighted by molar-refractivity contribution is 0.0679. The fourth-order valence-electron chi connectivity index (χ4n) is 2.16. The molecule has 0 spiro atoms. The van der Waals surface area contributed by atoms with Gasteiger partial charge >= 0.3 is 11.9 Å². The molecular weight excluding hydrogens is 404 g/mol. The largest absolute Gasteiger partial charge is 0.477 e. The number of hydrogen-bond acceptors (Lipinski definition) is 10. The number of likely N-dealkylation sites (N-methyl/N-ethyl adjacent to an activating group) is 1. The first-order chi connectivity index (χ1) is 14.7. The second kappa shape index (κ2) is 13.8. The summed E-state index contributed by atoms with van der Waals surface area (Å²) in [6, 6.07) is 2.84. The number of rotatable bonds is 11. The summed E-state index contributed by atoms with van der Waals surface area (Å²) in [5.41, 5.74) is 0.00228. The molecule has 0 fully saturated rings. The van der Waals surface area contributed by atoms with Gasteiger partial charge in [-0.15, -0.1) is 0 Å². The molecule has 2 heterocycles. The molecule has 0 unspecified atom stereocenters. The Labute approximate surface area is 181 Å². The van der Waals surface area contributed by atoms with Crippen LogP contribution in [0.2, 0.25) is 0 Å². The van der Waals surface area contributed by atoms with Crippen molar-refractivity contribution in [2.45, 2.75) is 6.42 Å². The standard InChI is InChI=1S/C10H16N4O2.C9H14N4O2/c1-14(2)5-3-4-11-9-6-8(10(15)16)12-7-13-9;1-13(2)4-3-10-8-5-7(9(14)15)11-6-12-8/h6-7H,3-5H2,1-2H3,(H,15,16)(H,11,12,13);5-6H,3-4H2,1-2H3,(H,14,15)(H,10,11,12). The molecule has 0 aromatic carbocycles. The molecule has 0 amide bonds. The Balaban J connectivity index is 0.000000311. The zero-order chi connectivity index (χ0) is 23.2. The van der Waals surface area contributed by atoms with Gasteiger partial charge in [0, 0.05) is 31.8 Å². The molecule has 2 aromatic rings. The molecule has 12 heteroatoms. The van der Waals surface area contributed by atoms with Gasteiger partial charge in [0.15, 0.2) is 11.4 Å². The highest BCUT2D eigenvalue weighted by atomic mass is 16.4. The van der Waals surface area contributed by atoms with E-state index in [0.717, 1.165) is 26.1 Å². The molecular formula is C19H30N8O4. The Bertz CT molecular complexity index is 832. The van der Waals surface area contributed by atoms with Crippen LogP contribution in [0, 0.1) is 0 Å². The molecule has 31 heavy (non-hydrogen) atoms. The summed E-state index contributed by atoms with van der Waals surface area (Å²) < 4.78 is 0. The van der Waals surface area contributed by atoms with Crippen LogP contribution in [0.25, 0.3) is 0 Å². The number of nitrogens with one attached hydrogen (secondary N) is 2. The number of aromatic nitrogens is 4. The van der Waals surface area contributed by atoms with Gasteiger partial charge in [0.1, 0.15) is 24.3 Å². The number of carboxylic acid groups (broad SMARTS) is 2. The molecule has 0 aliphatic rings. The molecule has 0 atom stereocenters. The fraction of sp³-hybridized carbons (Fsp3) is 0.474. The van der Waals surface area contributed by atoms with E-state index in [9.17, 15) is 9.59 Å². The summed E-state index contributed by atoms with van der Waals surface area (Å²) in [5.74, 6) is -1.01. The maximum Gasteiger partial charge on any atom is 0.354 e. The van der Waals surface area contributed by atoms with E-state index in [4.69, 9.17) is 10.2 Å². The molecule has 12 nitrogen and oxygen atoms in total. The van der Waals surface area contributed by atoms with Gasteiger partial charge in [-0.3, -0.25) is 0 Å². The van der Waals surface area contributed by atoms with Crippen molar-refractivity contribution in [2.24, 2.45) is 0 Å². The third-order valence-electron chi connectivity index (χ3n) is 3.73. The van der Waals surface area contributed by atoms with E-state index in [-0.39, 0.29) is 11.4 Å². The molecule has 4 N–H and O–H groups in total. The number of nitrogens with zero attached hydrogens (tertiary/aromatic N) is 6. The number of hydrogen-bond donors (Lipinski definition) is 4. The highest BCUT2D eigenvalue weighted by molar-refractivity contribution is 5.86. The third kappa shape index (κ3) is 11.4. The topological polar surface area (TPSA) is 157 Å². The quantitative estimate of drug-likeness (QED) is 0.367. The van der Waals surface area contributed by atoms with E-state index in [1.54, 1.807) is 0 Å². The molecule has 2 aromatic heterocycles. The first-order valence-electron chi connectivity index (χ1n) is 9.57. The Morgan fingerprint density at radius 1 is 0.774 bits per heavy atom. The van der Waals surface area contributed by atoms with E-state index in [1.165, 1.54) is 24.8 Å². The van der Waals surface area contributed by atoms with Gasteiger partial charge in [0.25, 0.3) is 0 Å². The van der Waals surface area contributed by atoms with Crippen LogP contribution in [-0.4, -0.2) is 106 Å². The van der Waals surface area contributed by atoms with Gasteiger partial charge in [0.05, 0.1) is 0 Å². The van der Waals surface area contributed by atoms with Crippen LogP contribution in [0.3, 0.4) is 0 Å². The van der Waals surface area contributed by atoms with E-state index in [2.05, 4.69) is 35.5 Å². The Kier molecular flexibility index (Phi) is 11.4. The van der Waals surface area contributed by atoms with Crippen LogP contribution in [0.5, 0.6) is 0 Å². The number of aromatic carboxylic acids is 2. The highest BCUT2D eigenvalue weighted by Crippen LogP contribution is 2.04. The van der Waals surface area contributed by atoms with Crippen LogP contribution in [0.1, 0.15) is 27.4 Å². The second-order valence-electron chi connectivity index (χ2n) is 7.00. The number of anilines is 2. The normalized spacial score (nSPS) is 10.4. The Hall–Kier alpha value is -3.38. The molecule has 0 saturated heterocycles. The second-order valence-corrected chi connectivity index (χ2v) is 7.00. The zero-order valence-electron chi connectivity index (χ0n) is 18.2. The van der Waals surface area contributed by atoms with Crippen molar-refractivity contribution in [1.82, 2.24) is 29.7 Å². The van der Waals surface area contributed by atoms with Crippen LogP contribution < -0.4 is 10.6 Å². The summed E-state index contributed by atoms with van der Waals surface area (Å²) in [5, 5.41) is 23.5. The van der Waals surface area contributed by atoms with Gasteiger partial charge in [-0.1, -0.05) is 0 Å². The van der Waals surface area contributed by atoms with Crippen LogP contribution in [0.4, 0.5) is 11.6 Å². The van der Waals surface area contributed by atoms with Crippen LogP contribution in [0.15, 0.2) is 24.8 Å². The molecule has 0 bridgehead atoms. The summed E-state index contributed by atoms with van der Waals surface area (Å²) in [7, 11) is 7.94. The molecule has 0 aliphatic heterocycles. The third-order valence-corrected chi connectivity index (χ3v) is 3.73. The van der Waals surface area contributed by atoms with Crippen molar-refractivity contribution in [2.75, 3.05) is 65.0 Å². The lowest BCUT2D eigenvalue weighted by atomic mass is 10.3. The highest BCUT2D eigenvalue weighted by Gasteiger charge is 2.06. The predicted octanol–water partition coefficient (Wildman–Crippen LogP) is 0.687. The smallest absolute Gasteiger partial charge is 0.354 e. The SMILES string of the molecule is CN(C)CCCNc1cc(C(=O)O)ncn1.CN(C)CCNc1cc(C(=O)O)ncn1. The van der Waals surface area contributed by atoms with E-state index >= 15 is 0 Å². The van der Waals surface area contributed by atoms with Gasteiger partial charge < -0.3 is 30.6 Å². The average Bonchev–Trinajstić information content (AvgIpc) is 2.72. The minimum absolute atomic E-state index is 0.00245. The van der Waals surface area contributed by atoms with Crippen molar-refractivity contribution >= 4 is 23.6 Å². The molecule has 170 valence electrons. The first kappa shape index (κ1) is 25.7.